The van der Waals surface area contributed by atoms with Gasteiger partial charge in [-0.15, -0.1) is 0 Å². The molecule has 1 aliphatic rings. The van der Waals surface area contributed by atoms with Gasteiger partial charge < -0.3 is 20.0 Å². The van der Waals surface area contributed by atoms with Crippen molar-refractivity contribution in [2.45, 2.75) is 26.2 Å². The fraction of sp³-hybridized carbons (Fsp3) is 0.444. The zero-order valence-electron chi connectivity index (χ0n) is 14.8. The van der Waals surface area contributed by atoms with Gasteiger partial charge in [0.1, 0.15) is 23.7 Å². The van der Waals surface area contributed by atoms with Gasteiger partial charge in [0.2, 0.25) is 0 Å². The molecule has 0 aliphatic carbocycles. The van der Waals surface area contributed by atoms with Crippen LogP contribution in [0.1, 0.15) is 35.4 Å². The van der Waals surface area contributed by atoms with Crippen LogP contribution in [0.25, 0.3) is 0 Å². The van der Waals surface area contributed by atoms with E-state index in [0.717, 1.165) is 36.8 Å². The average molecular weight is 357 g/mol. The van der Waals surface area contributed by atoms with Gasteiger partial charge in [-0.05, 0) is 32.3 Å². The normalized spacial score (nSPS) is 14.1. The largest absolute Gasteiger partial charge is 0.430 e. The third kappa shape index (κ3) is 4.81. The van der Waals surface area contributed by atoms with Crippen molar-refractivity contribution in [3.8, 4) is 0 Å². The number of carbonyl (C=O) groups is 1. The molecule has 0 bridgehead atoms. The second-order valence-electron chi connectivity index (χ2n) is 6.23. The van der Waals surface area contributed by atoms with E-state index in [1.54, 1.807) is 0 Å². The molecular formula is C18H23N5O3. The van der Waals surface area contributed by atoms with Crippen LogP contribution in [-0.4, -0.2) is 42.1 Å². The summed E-state index contributed by atoms with van der Waals surface area (Å²) < 4.78 is 4.69. The van der Waals surface area contributed by atoms with Crippen molar-refractivity contribution < 1.29 is 9.21 Å². The molecule has 1 aliphatic heterocycles. The van der Waals surface area contributed by atoms with Crippen molar-refractivity contribution in [3.63, 3.8) is 0 Å². The number of nitrogens with zero attached hydrogens (tertiary/aromatic N) is 3. The number of anilines is 2. The molecule has 8 heteroatoms. The molecule has 0 spiro atoms. The van der Waals surface area contributed by atoms with E-state index in [9.17, 15) is 9.59 Å². The second-order valence-corrected chi connectivity index (χ2v) is 6.23. The first-order valence-electron chi connectivity index (χ1n) is 8.83. The predicted molar refractivity (Wildman–Crippen MR) is 98.6 cm³/mol. The summed E-state index contributed by atoms with van der Waals surface area (Å²) in [5.74, 6) is 2.13. The lowest BCUT2D eigenvalue weighted by Crippen LogP contribution is -2.31. The SMILES string of the molecule is Cc1nc(NCCNC(=O)c2ccc(=O)oc2)cc(N2CCCCC2)n1. The number of aromatic nitrogens is 2. The Hall–Kier alpha value is -2.90. The minimum Gasteiger partial charge on any atom is -0.430 e. The highest BCUT2D eigenvalue weighted by atomic mass is 16.4. The summed E-state index contributed by atoms with van der Waals surface area (Å²) in [6, 6.07) is 4.61. The summed E-state index contributed by atoms with van der Waals surface area (Å²) in [4.78, 5) is 34.1. The van der Waals surface area contributed by atoms with E-state index in [2.05, 4.69) is 29.9 Å². The fourth-order valence-electron chi connectivity index (χ4n) is 2.88. The highest BCUT2D eigenvalue weighted by molar-refractivity contribution is 5.93. The Morgan fingerprint density at radius 2 is 2.00 bits per heavy atom. The summed E-state index contributed by atoms with van der Waals surface area (Å²) in [6.45, 7) is 4.88. The zero-order chi connectivity index (χ0) is 18.4. The maximum Gasteiger partial charge on any atom is 0.335 e. The van der Waals surface area contributed by atoms with E-state index in [4.69, 9.17) is 0 Å². The van der Waals surface area contributed by atoms with Gasteiger partial charge in [-0.3, -0.25) is 4.79 Å². The molecule has 0 unspecified atom stereocenters. The molecule has 138 valence electrons. The molecule has 3 heterocycles. The number of amides is 1. The topological polar surface area (TPSA) is 100 Å². The van der Waals surface area contributed by atoms with Crippen molar-refractivity contribution in [1.29, 1.82) is 0 Å². The van der Waals surface area contributed by atoms with Crippen molar-refractivity contribution in [2.75, 3.05) is 36.4 Å². The summed E-state index contributed by atoms with van der Waals surface area (Å²) in [5, 5.41) is 5.98. The Balaban J connectivity index is 1.51. The number of nitrogens with one attached hydrogen (secondary N) is 2. The minimum atomic E-state index is -0.480. The van der Waals surface area contributed by atoms with Crippen molar-refractivity contribution >= 4 is 17.5 Å². The summed E-state index contributed by atoms with van der Waals surface area (Å²) >= 11 is 0. The molecule has 8 nitrogen and oxygen atoms in total. The Morgan fingerprint density at radius 3 is 2.73 bits per heavy atom. The molecule has 2 N–H and O–H groups in total. The van der Waals surface area contributed by atoms with Gasteiger partial charge in [-0.1, -0.05) is 0 Å². The van der Waals surface area contributed by atoms with Crippen LogP contribution in [0.5, 0.6) is 0 Å². The van der Waals surface area contributed by atoms with Crippen LogP contribution in [0.15, 0.2) is 33.7 Å². The molecule has 2 aromatic heterocycles. The van der Waals surface area contributed by atoms with Crippen LogP contribution in [-0.2, 0) is 0 Å². The lowest BCUT2D eigenvalue weighted by molar-refractivity contribution is 0.0952. The van der Waals surface area contributed by atoms with Crippen LogP contribution in [0, 0.1) is 6.92 Å². The van der Waals surface area contributed by atoms with E-state index in [1.807, 2.05) is 13.0 Å². The third-order valence-corrected chi connectivity index (χ3v) is 4.18. The standard InChI is InChI=1S/C18H23N5O3/c1-13-21-15(11-16(22-13)23-9-3-2-4-10-23)19-7-8-20-18(25)14-5-6-17(24)26-12-14/h5-6,11-12H,2-4,7-10H2,1H3,(H,20,25)(H,19,21,22). The Bertz CT molecular complexity index is 794. The fourth-order valence-corrected chi connectivity index (χ4v) is 2.88. The van der Waals surface area contributed by atoms with Crippen LogP contribution in [0.4, 0.5) is 11.6 Å². The van der Waals surface area contributed by atoms with E-state index in [-0.39, 0.29) is 5.91 Å². The number of rotatable bonds is 6. The molecule has 0 radical (unpaired) electrons. The van der Waals surface area contributed by atoms with Gasteiger partial charge in [0, 0.05) is 38.3 Å². The van der Waals surface area contributed by atoms with Gasteiger partial charge in [-0.2, -0.15) is 0 Å². The van der Waals surface area contributed by atoms with E-state index in [0.29, 0.717) is 18.7 Å². The number of hydrogen-bond acceptors (Lipinski definition) is 7. The molecule has 26 heavy (non-hydrogen) atoms. The molecule has 1 fully saturated rings. The summed E-state index contributed by atoms with van der Waals surface area (Å²) in [7, 11) is 0. The van der Waals surface area contributed by atoms with E-state index in [1.165, 1.54) is 31.4 Å². The smallest absolute Gasteiger partial charge is 0.335 e. The molecule has 0 atom stereocenters. The molecule has 1 amide bonds. The summed E-state index contributed by atoms with van der Waals surface area (Å²) in [6.07, 6.45) is 4.81. The van der Waals surface area contributed by atoms with Gasteiger partial charge in [0.15, 0.2) is 0 Å². The minimum absolute atomic E-state index is 0.288. The second kappa shape index (κ2) is 8.46. The maximum atomic E-state index is 11.9. The highest BCUT2D eigenvalue weighted by Gasteiger charge is 2.13. The lowest BCUT2D eigenvalue weighted by atomic mass is 10.1. The molecular weight excluding hydrogens is 334 g/mol. The van der Waals surface area contributed by atoms with Gasteiger partial charge in [0.05, 0.1) is 5.56 Å². The molecule has 0 saturated carbocycles. The Kier molecular flexibility index (Phi) is 5.83. The predicted octanol–water partition coefficient (Wildman–Crippen LogP) is 1.57. The van der Waals surface area contributed by atoms with Gasteiger partial charge in [0.25, 0.3) is 5.91 Å². The van der Waals surface area contributed by atoms with Gasteiger partial charge >= 0.3 is 5.63 Å². The zero-order valence-corrected chi connectivity index (χ0v) is 14.8. The van der Waals surface area contributed by atoms with Crippen LogP contribution in [0.3, 0.4) is 0 Å². The maximum absolute atomic E-state index is 11.9. The van der Waals surface area contributed by atoms with Gasteiger partial charge in [-0.25, -0.2) is 14.8 Å². The molecule has 1 saturated heterocycles. The summed E-state index contributed by atoms with van der Waals surface area (Å²) in [5.41, 5.74) is -0.165. The first-order valence-corrected chi connectivity index (χ1v) is 8.83. The highest BCUT2D eigenvalue weighted by Crippen LogP contribution is 2.20. The first-order chi connectivity index (χ1) is 12.6. The van der Waals surface area contributed by atoms with Crippen LogP contribution >= 0.6 is 0 Å². The number of carbonyl (C=O) groups excluding carboxylic acids is 1. The molecule has 0 aromatic carbocycles. The van der Waals surface area contributed by atoms with E-state index < -0.39 is 5.63 Å². The number of aryl methyl sites for hydroxylation is 1. The van der Waals surface area contributed by atoms with E-state index >= 15 is 0 Å². The van der Waals surface area contributed by atoms with Crippen molar-refractivity contribution in [2.24, 2.45) is 0 Å². The van der Waals surface area contributed by atoms with Crippen LogP contribution < -0.4 is 21.2 Å². The Morgan fingerprint density at radius 1 is 1.19 bits per heavy atom. The number of piperidine rings is 1. The molecule has 2 aromatic rings. The van der Waals surface area contributed by atoms with Crippen molar-refractivity contribution in [1.82, 2.24) is 15.3 Å². The quantitative estimate of drug-likeness (QED) is 0.757. The third-order valence-electron chi connectivity index (χ3n) is 4.18. The first kappa shape index (κ1) is 17.9. The average Bonchev–Trinajstić information content (AvgIpc) is 2.66. The lowest BCUT2D eigenvalue weighted by Gasteiger charge is -2.28. The monoisotopic (exact) mass is 357 g/mol. The number of hydrogen-bond donors (Lipinski definition) is 2. The Labute approximate surface area is 151 Å². The van der Waals surface area contributed by atoms with Crippen molar-refractivity contribution in [3.05, 3.63) is 46.3 Å². The van der Waals surface area contributed by atoms with Crippen LogP contribution in [0.2, 0.25) is 0 Å². The molecule has 3 rings (SSSR count).